The van der Waals surface area contributed by atoms with Gasteiger partial charge in [0.15, 0.2) is 0 Å². The van der Waals surface area contributed by atoms with Crippen LogP contribution in [0.15, 0.2) is 47.5 Å². The first-order valence-electron chi connectivity index (χ1n) is 9.24. The quantitative estimate of drug-likeness (QED) is 0.561. The van der Waals surface area contributed by atoms with Crippen molar-refractivity contribution >= 4 is 22.6 Å². The van der Waals surface area contributed by atoms with Gasteiger partial charge in [-0.15, -0.1) is 10.2 Å². The Hall–Kier alpha value is -3.22. The topological polar surface area (TPSA) is 68.3 Å². The van der Waals surface area contributed by atoms with Crippen LogP contribution in [-0.4, -0.2) is 37.2 Å². The molecule has 3 aromatic heterocycles. The molecule has 7 nitrogen and oxygen atoms in total. The lowest BCUT2D eigenvalue weighted by molar-refractivity contribution is 0.762. The molecule has 0 N–H and O–H groups in total. The van der Waals surface area contributed by atoms with Crippen LogP contribution in [0.25, 0.3) is 16.7 Å². The molecule has 0 atom stereocenters. The Balaban J connectivity index is 1.82. The molecule has 1 fully saturated rings. The Bertz CT molecular complexity index is 1190. The minimum atomic E-state index is -0.0505. The summed E-state index contributed by atoms with van der Waals surface area (Å²) in [5.41, 5.74) is 2.82. The van der Waals surface area contributed by atoms with Crippen LogP contribution < -0.4 is 10.5 Å². The minimum absolute atomic E-state index is 0.0505. The van der Waals surface area contributed by atoms with Crippen molar-refractivity contribution in [3.05, 3.63) is 64.2 Å². The van der Waals surface area contributed by atoms with Crippen LogP contribution in [-0.2, 0) is 6.54 Å². The average molecular weight is 360 g/mol. The van der Waals surface area contributed by atoms with E-state index in [9.17, 15) is 4.79 Å². The van der Waals surface area contributed by atoms with Crippen molar-refractivity contribution in [3.63, 3.8) is 0 Å². The van der Waals surface area contributed by atoms with Crippen LogP contribution in [0.5, 0.6) is 0 Å². The van der Waals surface area contributed by atoms with E-state index in [-0.39, 0.29) is 5.56 Å². The van der Waals surface area contributed by atoms with E-state index in [1.54, 1.807) is 17.0 Å². The number of fused-ring (bicyclic) bond motifs is 3. The van der Waals surface area contributed by atoms with Crippen LogP contribution in [0.4, 0.5) is 5.95 Å². The lowest BCUT2D eigenvalue weighted by atomic mass is 10.1. The maximum Gasteiger partial charge on any atom is 0.263 e. The highest BCUT2D eigenvalue weighted by Crippen LogP contribution is 2.23. The molecule has 136 valence electrons. The third kappa shape index (κ3) is 2.58. The first kappa shape index (κ1) is 16.0. The van der Waals surface area contributed by atoms with Crippen molar-refractivity contribution < 1.29 is 0 Å². The standard InChI is InChI=1S/C20H20N6O/c1-14-6-7-17-16(11-14)18(27)25(13-15-5-4-8-21-12-15)20-23-22-19(26(17)20)24-9-2-3-10-24/h4-8,11-12H,2-3,9-10,13H2,1H3. The largest absolute Gasteiger partial charge is 0.341 e. The smallest absolute Gasteiger partial charge is 0.263 e. The fourth-order valence-electron chi connectivity index (χ4n) is 3.85. The van der Waals surface area contributed by atoms with E-state index in [2.05, 4.69) is 20.1 Å². The molecule has 0 amide bonds. The van der Waals surface area contributed by atoms with E-state index < -0.39 is 0 Å². The Morgan fingerprint density at radius 2 is 1.96 bits per heavy atom. The maximum atomic E-state index is 13.3. The van der Waals surface area contributed by atoms with Crippen molar-refractivity contribution in [2.24, 2.45) is 0 Å². The van der Waals surface area contributed by atoms with Crippen LogP contribution in [0.1, 0.15) is 24.0 Å². The van der Waals surface area contributed by atoms with Gasteiger partial charge in [0.1, 0.15) is 0 Å². The predicted octanol–water partition coefficient (Wildman–Crippen LogP) is 2.40. The van der Waals surface area contributed by atoms with Gasteiger partial charge in [-0.3, -0.25) is 14.3 Å². The number of aromatic nitrogens is 5. The molecule has 1 aromatic carbocycles. The van der Waals surface area contributed by atoms with Gasteiger partial charge in [0, 0.05) is 25.5 Å². The molecule has 1 aliphatic heterocycles. The second-order valence-corrected chi connectivity index (χ2v) is 7.10. The number of benzene rings is 1. The molecule has 5 rings (SSSR count). The maximum absolute atomic E-state index is 13.3. The predicted molar refractivity (Wildman–Crippen MR) is 104 cm³/mol. The van der Waals surface area contributed by atoms with Crippen molar-refractivity contribution in [2.45, 2.75) is 26.3 Å². The van der Waals surface area contributed by atoms with E-state index in [0.717, 1.165) is 48.5 Å². The number of rotatable bonds is 3. The third-order valence-corrected chi connectivity index (χ3v) is 5.19. The SMILES string of the molecule is Cc1ccc2c(c1)c(=O)n(Cc1cccnc1)c1nnc(N3CCCC3)n21. The fourth-order valence-corrected chi connectivity index (χ4v) is 3.85. The monoisotopic (exact) mass is 360 g/mol. The Kier molecular flexibility index (Phi) is 3.67. The van der Waals surface area contributed by atoms with Gasteiger partial charge in [-0.1, -0.05) is 17.7 Å². The summed E-state index contributed by atoms with van der Waals surface area (Å²) in [4.78, 5) is 19.7. The zero-order valence-corrected chi connectivity index (χ0v) is 15.2. The molecule has 1 aliphatic rings. The normalized spacial score (nSPS) is 14.5. The highest BCUT2D eigenvalue weighted by Gasteiger charge is 2.22. The summed E-state index contributed by atoms with van der Waals surface area (Å²) in [5.74, 6) is 1.39. The summed E-state index contributed by atoms with van der Waals surface area (Å²) in [5, 5.41) is 9.55. The van der Waals surface area contributed by atoms with Crippen molar-refractivity contribution in [1.29, 1.82) is 0 Å². The highest BCUT2D eigenvalue weighted by molar-refractivity contribution is 5.82. The van der Waals surface area contributed by atoms with Gasteiger partial charge >= 0.3 is 0 Å². The molecule has 4 aromatic rings. The van der Waals surface area contributed by atoms with Gasteiger partial charge < -0.3 is 4.90 Å². The van der Waals surface area contributed by atoms with E-state index in [1.165, 1.54) is 0 Å². The molecule has 27 heavy (non-hydrogen) atoms. The molecule has 0 bridgehead atoms. The summed E-state index contributed by atoms with van der Waals surface area (Å²) in [7, 11) is 0. The summed E-state index contributed by atoms with van der Waals surface area (Å²) in [6, 6.07) is 9.82. The number of hydrogen-bond donors (Lipinski definition) is 0. The van der Waals surface area contributed by atoms with Crippen LogP contribution >= 0.6 is 0 Å². The summed E-state index contributed by atoms with van der Waals surface area (Å²) >= 11 is 0. The van der Waals surface area contributed by atoms with Gasteiger partial charge in [-0.05, 0) is 43.5 Å². The molecule has 7 heteroatoms. The number of pyridine rings is 1. The van der Waals surface area contributed by atoms with Crippen molar-refractivity contribution in [1.82, 2.24) is 24.1 Å². The van der Waals surface area contributed by atoms with E-state index >= 15 is 0 Å². The zero-order chi connectivity index (χ0) is 18.4. The first-order chi connectivity index (χ1) is 13.2. The Labute approximate surface area is 155 Å². The number of nitrogens with zero attached hydrogens (tertiary/aromatic N) is 6. The zero-order valence-electron chi connectivity index (χ0n) is 15.2. The second kappa shape index (κ2) is 6.19. The van der Waals surface area contributed by atoms with Gasteiger partial charge in [0.25, 0.3) is 5.56 Å². The number of aryl methyl sites for hydroxylation is 1. The fraction of sp³-hybridized carbons (Fsp3) is 0.300. The molecule has 0 spiro atoms. The Morgan fingerprint density at radius 3 is 2.74 bits per heavy atom. The molecular weight excluding hydrogens is 340 g/mol. The first-order valence-corrected chi connectivity index (χ1v) is 9.24. The second-order valence-electron chi connectivity index (χ2n) is 7.10. The third-order valence-electron chi connectivity index (χ3n) is 5.19. The summed E-state index contributed by atoms with van der Waals surface area (Å²) in [6.45, 7) is 4.35. The Morgan fingerprint density at radius 1 is 1.11 bits per heavy atom. The average Bonchev–Trinajstić information content (AvgIpc) is 3.35. The van der Waals surface area contributed by atoms with E-state index in [0.29, 0.717) is 17.7 Å². The minimum Gasteiger partial charge on any atom is -0.341 e. The lowest BCUT2D eigenvalue weighted by Crippen LogP contribution is -2.26. The van der Waals surface area contributed by atoms with Crippen LogP contribution in [0, 0.1) is 6.92 Å². The molecule has 0 unspecified atom stereocenters. The van der Waals surface area contributed by atoms with Gasteiger partial charge in [0.2, 0.25) is 11.7 Å². The van der Waals surface area contributed by atoms with Gasteiger partial charge in [-0.25, -0.2) is 4.40 Å². The number of hydrogen-bond acceptors (Lipinski definition) is 5. The molecular formula is C20H20N6O. The molecule has 4 heterocycles. The van der Waals surface area contributed by atoms with E-state index in [4.69, 9.17) is 0 Å². The molecule has 0 saturated carbocycles. The molecule has 0 radical (unpaired) electrons. The van der Waals surface area contributed by atoms with Gasteiger partial charge in [-0.2, -0.15) is 0 Å². The van der Waals surface area contributed by atoms with Gasteiger partial charge in [0.05, 0.1) is 17.4 Å². The summed E-state index contributed by atoms with van der Waals surface area (Å²) in [6.07, 6.45) is 5.82. The summed E-state index contributed by atoms with van der Waals surface area (Å²) < 4.78 is 3.73. The molecule has 0 aliphatic carbocycles. The van der Waals surface area contributed by atoms with Crippen LogP contribution in [0.2, 0.25) is 0 Å². The van der Waals surface area contributed by atoms with Crippen LogP contribution in [0.3, 0.4) is 0 Å². The van der Waals surface area contributed by atoms with E-state index in [1.807, 2.05) is 41.7 Å². The number of anilines is 1. The molecule has 1 saturated heterocycles. The highest BCUT2D eigenvalue weighted by atomic mass is 16.1. The van der Waals surface area contributed by atoms with Crippen molar-refractivity contribution in [2.75, 3.05) is 18.0 Å². The lowest BCUT2D eigenvalue weighted by Gasteiger charge is -2.17. The van der Waals surface area contributed by atoms with Crippen molar-refractivity contribution in [3.8, 4) is 0 Å².